The number of carbonyl (C=O) groups excluding carboxylic acids is 1. The molecule has 31 heavy (non-hydrogen) atoms. The summed E-state index contributed by atoms with van der Waals surface area (Å²) in [4.78, 5) is 12.1. The fourth-order valence-electron chi connectivity index (χ4n) is 2.98. The number of esters is 1. The van der Waals surface area contributed by atoms with Gasteiger partial charge in [0, 0.05) is 6.61 Å². The van der Waals surface area contributed by atoms with Crippen LogP contribution >= 0.6 is 0 Å². The fraction of sp³-hybridized carbons (Fsp3) is 0.444. The van der Waals surface area contributed by atoms with Crippen LogP contribution in [0.4, 0.5) is 0 Å². The number of hydrogen-bond donors (Lipinski definition) is 0. The smallest absolute Gasteiger partial charge is 0.338 e. The average molecular weight is 425 g/mol. The zero-order chi connectivity index (χ0) is 22.3. The van der Waals surface area contributed by atoms with Gasteiger partial charge in [0.25, 0.3) is 0 Å². The van der Waals surface area contributed by atoms with Gasteiger partial charge in [-0.25, -0.2) is 4.79 Å². The lowest BCUT2D eigenvalue weighted by Gasteiger charge is -2.10. The van der Waals surface area contributed by atoms with Crippen molar-refractivity contribution in [3.8, 4) is 16.9 Å². The van der Waals surface area contributed by atoms with Crippen molar-refractivity contribution in [2.75, 3.05) is 26.4 Å². The zero-order valence-corrected chi connectivity index (χ0v) is 19.0. The number of rotatable bonds is 15. The van der Waals surface area contributed by atoms with Gasteiger partial charge in [-0.05, 0) is 60.6 Å². The van der Waals surface area contributed by atoms with Crippen LogP contribution in [0, 0.1) is 5.92 Å². The standard InChI is InChI=1S/C27H36O4/c1-4-18-29-19-8-6-7-9-20-30-26-16-14-24(15-17-26)23-10-12-25(13-11-23)27(28)31-21-22(3)5-2/h4,10-17,22H,1,5-9,18-21H2,2-3H3. The average Bonchev–Trinajstić information content (AvgIpc) is 2.81. The Morgan fingerprint density at radius 3 is 2.16 bits per heavy atom. The van der Waals surface area contributed by atoms with Gasteiger partial charge in [-0.3, -0.25) is 0 Å². The van der Waals surface area contributed by atoms with Gasteiger partial charge >= 0.3 is 5.97 Å². The summed E-state index contributed by atoms with van der Waals surface area (Å²) in [5.74, 6) is 0.995. The van der Waals surface area contributed by atoms with Crippen LogP contribution in [-0.2, 0) is 9.47 Å². The normalized spacial score (nSPS) is 11.7. The summed E-state index contributed by atoms with van der Waals surface area (Å²) < 4.78 is 16.6. The number of benzene rings is 2. The molecule has 2 aromatic rings. The molecule has 0 aliphatic heterocycles. The molecule has 4 nitrogen and oxygen atoms in total. The highest BCUT2D eigenvalue weighted by molar-refractivity contribution is 5.90. The quantitative estimate of drug-likeness (QED) is 0.181. The van der Waals surface area contributed by atoms with Crippen LogP contribution in [0.25, 0.3) is 11.1 Å². The van der Waals surface area contributed by atoms with E-state index in [-0.39, 0.29) is 5.97 Å². The minimum absolute atomic E-state index is 0.264. The van der Waals surface area contributed by atoms with E-state index in [4.69, 9.17) is 14.2 Å². The molecule has 4 heteroatoms. The highest BCUT2D eigenvalue weighted by Crippen LogP contribution is 2.23. The molecule has 0 aliphatic rings. The Balaban J connectivity index is 1.72. The van der Waals surface area contributed by atoms with Crippen molar-refractivity contribution < 1.29 is 19.0 Å². The van der Waals surface area contributed by atoms with Crippen LogP contribution in [-0.4, -0.2) is 32.4 Å². The number of carbonyl (C=O) groups is 1. The minimum atomic E-state index is -0.264. The highest BCUT2D eigenvalue weighted by Gasteiger charge is 2.09. The molecule has 0 aromatic heterocycles. The first-order chi connectivity index (χ1) is 15.1. The largest absolute Gasteiger partial charge is 0.494 e. The van der Waals surface area contributed by atoms with Gasteiger partial charge < -0.3 is 14.2 Å². The summed E-state index contributed by atoms with van der Waals surface area (Å²) in [6.07, 6.45) is 7.19. The van der Waals surface area contributed by atoms with E-state index in [9.17, 15) is 4.79 Å². The van der Waals surface area contributed by atoms with Gasteiger partial charge in [0.15, 0.2) is 0 Å². The number of hydrogen-bond acceptors (Lipinski definition) is 4. The van der Waals surface area contributed by atoms with Crippen LogP contribution in [0.3, 0.4) is 0 Å². The Hall–Kier alpha value is -2.59. The molecule has 0 bridgehead atoms. The zero-order valence-electron chi connectivity index (χ0n) is 19.0. The molecule has 1 atom stereocenters. The van der Waals surface area contributed by atoms with Crippen molar-refractivity contribution >= 4 is 5.97 Å². The van der Waals surface area contributed by atoms with Crippen molar-refractivity contribution in [1.29, 1.82) is 0 Å². The number of unbranched alkanes of at least 4 members (excludes halogenated alkanes) is 3. The van der Waals surface area contributed by atoms with E-state index in [2.05, 4.69) is 20.4 Å². The van der Waals surface area contributed by atoms with Gasteiger partial charge in [-0.2, -0.15) is 0 Å². The Morgan fingerprint density at radius 1 is 0.935 bits per heavy atom. The molecule has 168 valence electrons. The molecule has 0 aliphatic carbocycles. The summed E-state index contributed by atoms with van der Waals surface area (Å²) in [5, 5.41) is 0. The van der Waals surface area contributed by atoms with Gasteiger partial charge in [-0.15, -0.1) is 6.58 Å². The van der Waals surface area contributed by atoms with Gasteiger partial charge in [-0.1, -0.05) is 57.0 Å². The lowest BCUT2D eigenvalue weighted by Crippen LogP contribution is -2.11. The van der Waals surface area contributed by atoms with Gasteiger partial charge in [0.2, 0.25) is 0 Å². The fourth-order valence-corrected chi connectivity index (χ4v) is 2.98. The molecular weight excluding hydrogens is 388 g/mol. The maximum absolute atomic E-state index is 12.1. The van der Waals surface area contributed by atoms with Gasteiger partial charge in [0.1, 0.15) is 5.75 Å². The third kappa shape index (κ3) is 9.39. The van der Waals surface area contributed by atoms with E-state index in [1.54, 1.807) is 6.08 Å². The summed E-state index contributed by atoms with van der Waals surface area (Å²) in [7, 11) is 0. The molecule has 0 saturated heterocycles. The molecule has 2 aromatic carbocycles. The van der Waals surface area contributed by atoms with Crippen molar-refractivity contribution in [3.63, 3.8) is 0 Å². The van der Waals surface area contributed by atoms with Crippen molar-refractivity contribution in [1.82, 2.24) is 0 Å². The molecule has 0 amide bonds. The molecule has 2 rings (SSSR count). The number of ether oxygens (including phenoxy) is 3. The SMILES string of the molecule is C=CCOCCCCCCOc1ccc(-c2ccc(C(=O)OCC(C)CC)cc2)cc1. The maximum Gasteiger partial charge on any atom is 0.338 e. The lowest BCUT2D eigenvalue weighted by molar-refractivity contribution is 0.0447. The molecule has 0 heterocycles. The van der Waals surface area contributed by atoms with E-state index in [1.807, 2.05) is 48.5 Å². The van der Waals surface area contributed by atoms with Crippen molar-refractivity contribution in [3.05, 3.63) is 66.7 Å². The van der Waals surface area contributed by atoms with Crippen molar-refractivity contribution in [2.45, 2.75) is 46.0 Å². The highest BCUT2D eigenvalue weighted by atomic mass is 16.5. The summed E-state index contributed by atoms with van der Waals surface area (Å²) >= 11 is 0. The second-order valence-electron chi connectivity index (χ2n) is 7.84. The van der Waals surface area contributed by atoms with Crippen LogP contribution in [0.1, 0.15) is 56.3 Å². The molecular formula is C27H36O4. The molecule has 1 unspecified atom stereocenters. The molecule has 0 N–H and O–H groups in total. The second kappa shape index (κ2) is 14.4. The van der Waals surface area contributed by atoms with E-state index < -0.39 is 0 Å². The van der Waals surface area contributed by atoms with E-state index in [1.165, 1.54) is 0 Å². The van der Waals surface area contributed by atoms with E-state index >= 15 is 0 Å². The maximum atomic E-state index is 12.1. The second-order valence-corrected chi connectivity index (χ2v) is 7.84. The minimum Gasteiger partial charge on any atom is -0.494 e. The van der Waals surface area contributed by atoms with E-state index in [0.29, 0.717) is 24.7 Å². The first kappa shape index (κ1) is 24.7. The Kier molecular flexibility index (Phi) is 11.5. The lowest BCUT2D eigenvalue weighted by atomic mass is 10.0. The third-order valence-electron chi connectivity index (χ3n) is 5.19. The molecule has 0 fully saturated rings. The third-order valence-corrected chi connectivity index (χ3v) is 5.19. The van der Waals surface area contributed by atoms with Crippen molar-refractivity contribution in [2.24, 2.45) is 5.92 Å². The monoisotopic (exact) mass is 424 g/mol. The topological polar surface area (TPSA) is 44.8 Å². The Labute approximate surface area is 187 Å². The van der Waals surface area contributed by atoms with Crippen LogP contribution in [0.15, 0.2) is 61.2 Å². The van der Waals surface area contributed by atoms with Crippen LogP contribution < -0.4 is 4.74 Å². The Bertz CT molecular complexity index is 765. The van der Waals surface area contributed by atoms with Crippen LogP contribution in [0.5, 0.6) is 5.75 Å². The Morgan fingerprint density at radius 2 is 1.55 bits per heavy atom. The predicted molar refractivity (Wildman–Crippen MR) is 127 cm³/mol. The first-order valence-corrected chi connectivity index (χ1v) is 11.3. The van der Waals surface area contributed by atoms with Gasteiger partial charge in [0.05, 0.1) is 25.4 Å². The predicted octanol–water partition coefficient (Wildman–Crippen LogP) is 6.70. The molecule has 0 radical (unpaired) electrons. The van der Waals surface area contributed by atoms with Crippen LogP contribution in [0.2, 0.25) is 0 Å². The molecule has 0 spiro atoms. The van der Waals surface area contributed by atoms with E-state index in [0.717, 1.165) is 62.2 Å². The summed E-state index contributed by atoms with van der Waals surface area (Å²) in [6.45, 7) is 10.4. The first-order valence-electron chi connectivity index (χ1n) is 11.3. The molecule has 0 saturated carbocycles. The summed E-state index contributed by atoms with van der Waals surface area (Å²) in [5.41, 5.74) is 2.73. The summed E-state index contributed by atoms with van der Waals surface area (Å²) in [6, 6.07) is 15.6.